The number of carbonyl (C=O) groups is 1. The second-order valence-corrected chi connectivity index (χ2v) is 5.63. The van der Waals surface area contributed by atoms with Crippen LogP contribution in [0.25, 0.3) is 10.1 Å². The van der Waals surface area contributed by atoms with E-state index >= 15 is 0 Å². The van der Waals surface area contributed by atoms with Gasteiger partial charge in [0.05, 0.1) is 0 Å². The van der Waals surface area contributed by atoms with Crippen molar-refractivity contribution >= 4 is 27.2 Å². The van der Waals surface area contributed by atoms with Gasteiger partial charge in [-0.3, -0.25) is 4.79 Å². The number of aliphatic hydroxyl groups is 1. The van der Waals surface area contributed by atoms with Gasteiger partial charge in [-0.1, -0.05) is 12.1 Å². The number of benzene rings is 1. The zero-order chi connectivity index (χ0) is 11.9. The normalized spacial score (nSPS) is 18.6. The van der Waals surface area contributed by atoms with Crippen LogP contribution < -0.4 is 0 Å². The topological polar surface area (TPSA) is 37.3 Å². The van der Waals surface area contributed by atoms with Gasteiger partial charge < -0.3 is 5.11 Å². The Morgan fingerprint density at radius 1 is 1.24 bits per heavy atom. The molecule has 1 aromatic heterocycles. The van der Waals surface area contributed by atoms with Gasteiger partial charge in [0.1, 0.15) is 5.60 Å². The number of fused-ring (bicyclic) bond motifs is 1. The predicted octanol–water partition coefficient (Wildman–Crippen LogP) is 3.39. The summed E-state index contributed by atoms with van der Waals surface area (Å²) >= 11 is 1.57. The van der Waals surface area contributed by atoms with Gasteiger partial charge in [0.25, 0.3) is 0 Å². The number of rotatable bonds is 2. The molecule has 3 rings (SSSR count). The summed E-state index contributed by atoms with van der Waals surface area (Å²) in [4.78, 5) is 12.4. The van der Waals surface area contributed by atoms with Gasteiger partial charge >= 0.3 is 0 Å². The molecule has 0 saturated heterocycles. The largest absolute Gasteiger partial charge is 0.382 e. The van der Waals surface area contributed by atoms with Crippen molar-refractivity contribution in [2.45, 2.75) is 31.3 Å². The second kappa shape index (κ2) is 3.93. The molecule has 17 heavy (non-hydrogen) atoms. The van der Waals surface area contributed by atoms with Gasteiger partial charge in [-0.2, -0.15) is 0 Å². The van der Waals surface area contributed by atoms with Crippen LogP contribution in [0.15, 0.2) is 29.6 Å². The summed E-state index contributed by atoms with van der Waals surface area (Å²) in [6.07, 6.45) is 3.10. The Morgan fingerprint density at radius 2 is 2.00 bits per heavy atom. The summed E-state index contributed by atoms with van der Waals surface area (Å²) < 4.78 is 0.998. The molecular weight excluding hydrogens is 232 g/mol. The van der Waals surface area contributed by atoms with E-state index in [0.29, 0.717) is 18.4 Å². The number of thiophene rings is 1. The predicted molar refractivity (Wildman–Crippen MR) is 69.6 cm³/mol. The van der Waals surface area contributed by atoms with Gasteiger partial charge in [-0.15, -0.1) is 11.3 Å². The SMILES string of the molecule is O=C(c1cccc2ccsc12)C1(O)CCCC1. The van der Waals surface area contributed by atoms with E-state index in [9.17, 15) is 9.90 Å². The summed E-state index contributed by atoms with van der Waals surface area (Å²) in [5, 5.41) is 13.4. The van der Waals surface area contributed by atoms with Crippen molar-refractivity contribution in [3.05, 3.63) is 35.2 Å². The molecule has 1 aliphatic rings. The van der Waals surface area contributed by atoms with Crippen LogP contribution in [-0.2, 0) is 0 Å². The highest BCUT2D eigenvalue weighted by Gasteiger charge is 2.39. The fraction of sp³-hybridized carbons (Fsp3) is 0.357. The highest BCUT2D eigenvalue weighted by atomic mass is 32.1. The first-order chi connectivity index (χ1) is 8.21. The molecule has 0 amide bonds. The average Bonchev–Trinajstić information content (AvgIpc) is 2.96. The Hall–Kier alpha value is -1.19. The van der Waals surface area contributed by atoms with Crippen LogP contribution in [-0.4, -0.2) is 16.5 Å². The van der Waals surface area contributed by atoms with Crippen molar-refractivity contribution in [3.8, 4) is 0 Å². The van der Waals surface area contributed by atoms with Crippen LogP contribution in [0.1, 0.15) is 36.0 Å². The molecule has 1 N–H and O–H groups in total. The van der Waals surface area contributed by atoms with Crippen LogP contribution in [0.3, 0.4) is 0 Å². The Bertz CT molecular complexity index is 564. The minimum Gasteiger partial charge on any atom is -0.382 e. The van der Waals surface area contributed by atoms with Gasteiger partial charge in [-0.05, 0) is 48.6 Å². The van der Waals surface area contributed by atoms with Crippen molar-refractivity contribution in [3.63, 3.8) is 0 Å². The summed E-state index contributed by atoms with van der Waals surface area (Å²) in [6, 6.07) is 7.73. The number of Topliss-reactive ketones (excluding diaryl/α,β-unsaturated/α-hetero) is 1. The van der Waals surface area contributed by atoms with E-state index < -0.39 is 5.60 Å². The maximum absolute atomic E-state index is 12.4. The summed E-state index contributed by atoms with van der Waals surface area (Å²) in [5.41, 5.74) is -0.431. The standard InChI is InChI=1S/C14H14O2S/c15-13(14(16)7-1-2-8-14)11-5-3-4-10-6-9-17-12(10)11/h3-6,9,16H,1-2,7-8H2. The fourth-order valence-corrected chi connectivity index (χ4v) is 3.52. The second-order valence-electron chi connectivity index (χ2n) is 4.71. The Morgan fingerprint density at radius 3 is 2.76 bits per heavy atom. The fourth-order valence-electron chi connectivity index (χ4n) is 2.61. The summed E-state index contributed by atoms with van der Waals surface area (Å²) in [7, 11) is 0. The average molecular weight is 246 g/mol. The summed E-state index contributed by atoms with van der Waals surface area (Å²) in [5.74, 6) is -0.0944. The van der Waals surface area contributed by atoms with Crippen molar-refractivity contribution < 1.29 is 9.90 Å². The molecule has 0 aliphatic heterocycles. The van der Waals surface area contributed by atoms with Crippen LogP contribution in [0.5, 0.6) is 0 Å². The quantitative estimate of drug-likeness (QED) is 0.825. The lowest BCUT2D eigenvalue weighted by atomic mass is 9.91. The smallest absolute Gasteiger partial charge is 0.195 e. The van der Waals surface area contributed by atoms with E-state index in [4.69, 9.17) is 0 Å². The first-order valence-electron chi connectivity index (χ1n) is 5.94. The molecule has 2 aromatic rings. The summed E-state index contributed by atoms with van der Waals surface area (Å²) in [6.45, 7) is 0. The van der Waals surface area contributed by atoms with E-state index in [-0.39, 0.29) is 5.78 Å². The van der Waals surface area contributed by atoms with Crippen LogP contribution in [0.4, 0.5) is 0 Å². The lowest BCUT2D eigenvalue weighted by Gasteiger charge is -2.20. The van der Waals surface area contributed by atoms with E-state index in [1.54, 1.807) is 11.3 Å². The molecule has 0 unspecified atom stereocenters. The molecule has 88 valence electrons. The number of hydrogen-bond donors (Lipinski definition) is 1. The lowest BCUT2D eigenvalue weighted by Crippen LogP contribution is -2.35. The van der Waals surface area contributed by atoms with E-state index in [2.05, 4.69) is 0 Å². The third kappa shape index (κ3) is 1.70. The van der Waals surface area contributed by atoms with E-state index in [0.717, 1.165) is 22.9 Å². The molecule has 2 nitrogen and oxygen atoms in total. The molecule has 1 aliphatic carbocycles. The molecule has 0 bridgehead atoms. The minimum absolute atomic E-state index is 0.0944. The molecule has 0 atom stereocenters. The van der Waals surface area contributed by atoms with Gasteiger partial charge in [0, 0.05) is 10.3 Å². The van der Waals surface area contributed by atoms with Crippen molar-refractivity contribution in [1.29, 1.82) is 0 Å². The molecule has 1 aromatic carbocycles. The molecular formula is C14H14O2S. The van der Waals surface area contributed by atoms with Crippen LogP contribution in [0, 0.1) is 0 Å². The first-order valence-corrected chi connectivity index (χ1v) is 6.82. The maximum Gasteiger partial charge on any atom is 0.195 e. The van der Waals surface area contributed by atoms with Crippen molar-refractivity contribution in [2.75, 3.05) is 0 Å². The van der Waals surface area contributed by atoms with Crippen molar-refractivity contribution in [2.24, 2.45) is 0 Å². The zero-order valence-electron chi connectivity index (χ0n) is 9.48. The Kier molecular flexibility index (Phi) is 2.53. The third-order valence-corrected chi connectivity index (χ3v) is 4.54. The molecule has 1 heterocycles. The third-order valence-electron chi connectivity index (χ3n) is 3.58. The number of hydrogen-bond acceptors (Lipinski definition) is 3. The first kappa shape index (κ1) is 10.9. The maximum atomic E-state index is 12.4. The highest BCUT2D eigenvalue weighted by Crippen LogP contribution is 2.35. The van der Waals surface area contributed by atoms with Gasteiger partial charge in [0.15, 0.2) is 5.78 Å². The van der Waals surface area contributed by atoms with E-state index in [1.165, 1.54) is 0 Å². The Labute approximate surface area is 104 Å². The highest BCUT2D eigenvalue weighted by molar-refractivity contribution is 7.17. The van der Waals surface area contributed by atoms with Gasteiger partial charge in [-0.25, -0.2) is 0 Å². The molecule has 1 saturated carbocycles. The van der Waals surface area contributed by atoms with Crippen molar-refractivity contribution in [1.82, 2.24) is 0 Å². The molecule has 3 heteroatoms. The lowest BCUT2D eigenvalue weighted by molar-refractivity contribution is 0.0355. The van der Waals surface area contributed by atoms with Crippen LogP contribution >= 0.6 is 11.3 Å². The number of carbonyl (C=O) groups excluding carboxylic acids is 1. The molecule has 0 radical (unpaired) electrons. The zero-order valence-corrected chi connectivity index (χ0v) is 10.3. The Balaban J connectivity index is 2.09. The molecule has 1 fully saturated rings. The number of ketones is 1. The van der Waals surface area contributed by atoms with Gasteiger partial charge in [0.2, 0.25) is 0 Å². The van der Waals surface area contributed by atoms with Crippen LogP contribution in [0.2, 0.25) is 0 Å². The van der Waals surface area contributed by atoms with E-state index in [1.807, 2.05) is 29.6 Å². The minimum atomic E-state index is -1.11. The molecule has 0 spiro atoms. The monoisotopic (exact) mass is 246 g/mol.